The summed E-state index contributed by atoms with van der Waals surface area (Å²) >= 11 is 0. The first-order valence-electron chi connectivity index (χ1n) is 12.1. The monoisotopic (exact) mass is 535 g/mol. The van der Waals surface area contributed by atoms with Crippen molar-refractivity contribution < 1.29 is 23.2 Å². The predicted octanol–water partition coefficient (Wildman–Crippen LogP) is 3.78. The van der Waals surface area contributed by atoms with Gasteiger partial charge in [0.15, 0.2) is 11.5 Å². The number of nitrogens with zero attached hydrogens (tertiary/aromatic N) is 4. The first-order valence-corrected chi connectivity index (χ1v) is 13.9. The van der Waals surface area contributed by atoms with E-state index in [1.807, 2.05) is 13.8 Å². The maximum atomic E-state index is 14.1. The molecule has 4 N–H and O–H groups in total. The van der Waals surface area contributed by atoms with E-state index < -0.39 is 36.9 Å². The normalized spacial score (nSPS) is 15.3. The maximum absolute atomic E-state index is 14.1. The Labute approximate surface area is 215 Å². The van der Waals surface area contributed by atoms with Gasteiger partial charge in [0.05, 0.1) is 25.6 Å². The molecule has 37 heavy (non-hydrogen) atoms. The van der Waals surface area contributed by atoms with Crippen LogP contribution in [0.3, 0.4) is 0 Å². The molecule has 202 valence electrons. The molecule has 2 heterocycles. The number of benzene rings is 1. The van der Waals surface area contributed by atoms with Crippen molar-refractivity contribution in [3.8, 4) is 0 Å². The van der Waals surface area contributed by atoms with E-state index in [1.54, 1.807) is 43.8 Å². The van der Waals surface area contributed by atoms with Crippen molar-refractivity contribution in [2.75, 3.05) is 18.7 Å². The Morgan fingerprint density at radius 3 is 2.73 bits per heavy atom. The number of nitrogens with one attached hydrogen (secondary N) is 2. The largest absolute Gasteiger partial charge is 0.464 e. The van der Waals surface area contributed by atoms with Gasteiger partial charge in [-0.2, -0.15) is 0 Å². The molecule has 3 aromatic rings. The molecule has 0 bridgehead atoms. The van der Waals surface area contributed by atoms with Crippen LogP contribution in [0.4, 0.5) is 10.2 Å². The lowest BCUT2D eigenvalue weighted by Crippen LogP contribution is -2.49. The van der Waals surface area contributed by atoms with Crippen molar-refractivity contribution >= 4 is 30.4 Å². The number of fused-ring (bicyclic) bond motifs is 1. The Bertz CT molecular complexity index is 1270. The highest BCUT2D eigenvalue weighted by Crippen LogP contribution is 2.42. The van der Waals surface area contributed by atoms with Crippen LogP contribution >= 0.6 is 7.44 Å². The molecule has 2 aromatic heterocycles. The molecule has 3 rings (SSSR count). The van der Waals surface area contributed by atoms with Gasteiger partial charge in [-0.3, -0.25) is 9.36 Å². The average molecular weight is 536 g/mol. The standard InChI is InChI=1S/C24H35FN7O4P/c1-6-10-35-23(33)24(4,5)31-37(34,30-17(3)18-8-7-9-19(25)11-18)15-36-16(2)12-32-14-29-20-21(26)27-13-28-22(20)32/h7-9,11,13-14,16-17H,6,10,12,15H2,1-5H3,(H2,26,27,28)(H2,30,31,34)/t16-,17+,37?/m1/s1. The molecule has 0 radical (unpaired) electrons. The van der Waals surface area contributed by atoms with Crippen LogP contribution in [-0.4, -0.2) is 50.1 Å². The summed E-state index contributed by atoms with van der Waals surface area (Å²) in [7, 11) is -3.58. The summed E-state index contributed by atoms with van der Waals surface area (Å²) < 4.78 is 41.0. The van der Waals surface area contributed by atoms with Crippen molar-refractivity contribution in [3.63, 3.8) is 0 Å². The zero-order valence-electron chi connectivity index (χ0n) is 21.8. The maximum Gasteiger partial charge on any atom is 0.326 e. The number of esters is 1. The van der Waals surface area contributed by atoms with Gasteiger partial charge in [-0.25, -0.2) is 29.5 Å². The minimum atomic E-state index is -3.58. The molecule has 3 atom stereocenters. The molecule has 0 amide bonds. The van der Waals surface area contributed by atoms with E-state index in [1.165, 1.54) is 18.5 Å². The minimum absolute atomic E-state index is 0.248. The van der Waals surface area contributed by atoms with Gasteiger partial charge in [0, 0.05) is 6.04 Å². The number of hydrogen-bond acceptors (Lipinski definition) is 8. The van der Waals surface area contributed by atoms with Crippen molar-refractivity contribution in [2.45, 2.75) is 65.3 Å². The average Bonchev–Trinajstić information content (AvgIpc) is 3.24. The SMILES string of the molecule is CCCOC(=O)C(C)(C)NP(=O)(CO[C@H](C)Cn1cnc2c(N)ncnc21)N[C@@H](C)c1cccc(F)c1. The molecule has 0 spiro atoms. The topological polar surface area (TPSA) is 146 Å². The zero-order valence-corrected chi connectivity index (χ0v) is 22.7. The third-order valence-electron chi connectivity index (χ3n) is 5.58. The van der Waals surface area contributed by atoms with Crippen LogP contribution in [0, 0.1) is 5.82 Å². The van der Waals surface area contributed by atoms with Gasteiger partial charge in [0.25, 0.3) is 0 Å². The number of carbonyl (C=O) groups excluding carboxylic acids is 1. The molecule has 0 saturated carbocycles. The first-order chi connectivity index (χ1) is 17.4. The van der Waals surface area contributed by atoms with Crippen LogP contribution < -0.4 is 15.9 Å². The van der Waals surface area contributed by atoms with Crippen LogP contribution in [0.2, 0.25) is 0 Å². The second-order valence-corrected chi connectivity index (χ2v) is 11.7. The smallest absolute Gasteiger partial charge is 0.326 e. The lowest BCUT2D eigenvalue weighted by molar-refractivity contribution is -0.149. The summed E-state index contributed by atoms with van der Waals surface area (Å²) in [4.78, 5) is 25.1. The number of halogens is 1. The van der Waals surface area contributed by atoms with Crippen molar-refractivity contribution in [1.82, 2.24) is 29.7 Å². The number of carbonyl (C=O) groups is 1. The summed E-state index contributed by atoms with van der Waals surface area (Å²) in [5.74, 6) is -0.664. The second kappa shape index (κ2) is 12.1. The highest BCUT2D eigenvalue weighted by atomic mass is 31.2. The fraction of sp³-hybridized carbons (Fsp3) is 0.500. The Hall–Kier alpha value is -2.92. The molecule has 0 aliphatic heterocycles. The summed E-state index contributed by atoms with van der Waals surface area (Å²) in [5.41, 5.74) is 6.23. The fourth-order valence-corrected chi connectivity index (χ4v) is 6.17. The van der Waals surface area contributed by atoms with E-state index in [9.17, 15) is 13.8 Å². The molecule has 0 aliphatic carbocycles. The van der Waals surface area contributed by atoms with E-state index in [4.69, 9.17) is 15.2 Å². The van der Waals surface area contributed by atoms with Gasteiger partial charge in [-0.05, 0) is 51.8 Å². The summed E-state index contributed by atoms with van der Waals surface area (Å²) in [6.45, 7) is 9.26. The number of imidazole rings is 1. The Morgan fingerprint density at radius 1 is 1.27 bits per heavy atom. The van der Waals surface area contributed by atoms with Crippen LogP contribution in [0.5, 0.6) is 0 Å². The highest BCUT2D eigenvalue weighted by Gasteiger charge is 2.38. The number of hydrogen-bond donors (Lipinski definition) is 3. The van der Waals surface area contributed by atoms with Gasteiger partial charge in [0.2, 0.25) is 7.44 Å². The van der Waals surface area contributed by atoms with Gasteiger partial charge >= 0.3 is 5.97 Å². The van der Waals surface area contributed by atoms with E-state index in [0.717, 1.165) is 0 Å². The fourth-order valence-electron chi connectivity index (χ4n) is 3.73. The van der Waals surface area contributed by atoms with Crippen molar-refractivity contribution in [2.24, 2.45) is 0 Å². The molecule has 11 nitrogen and oxygen atoms in total. The number of nitrogens with two attached hydrogens (primary N) is 1. The summed E-state index contributed by atoms with van der Waals surface area (Å²) in [5, 5.41) is 5.98. The van der Waals surface area contributed by atoms with Gasteiger partial charge in [-0.15, -0.1) is 0 Å². The third-order valence-corrected chi connectivity index (χ3v) is 7.82. The van der Waals surface area contributed by atoms with Crippen LogP contribution in [0.1, 0.15) is 52.6 Å². The zero-order chi connectivity index (χ0) is 27.2. The molecule has 0 aliphatic rings. The van der Waals surface area contributed by atoms with Crippen LogP contribution in [0.15, 0.2) is 36.9 Å². The Kier molecular flexibility index (Phi) is 9.36. The Morgan fingerprint density at radius 2 is 2.03 bits per heavy atom. The Balaban J connectivity index is 1.76. The molecular weight excluding hydrogens is 500 g/mol. The lowest BCUT2D eigenvalue weighted by Gasteiger charge is -2.33. The van der Waals surface area contributed by atoms with E-state index in [0.29, 0.717) is 29.7 Å². The van der Waals surface area contributed by atoms with E-state index in [2.05, 4.69) is 25.1 Å². The van der Waals surface area contributed by atoms with E-state index in [-0.39, 0.29) is 18.8 Å². The second-order valence-electron chi connectivity index (χ2n) is 9.45. The number of nitrogen functional groups attached to an aromatic ring is 1. The minimum Gasteiger partial charge on any atom is -0.464 e. The highest BCUT2D eigenvalue weighted by molar-refractivity contribution is 7.59. The summed E-state index contributed by atoms with van der Waals surface area (Å²) in [6, 6.07) is 5.51. The first kappa shape index (κ1) is 28.6. The third kappa shape index (κ3) is 7.54. The number of rotatable bonds is 13. The summed E-state index contributed by atoms with van der Waals surface area (Å²) in [6.07, 6.45) is 2.95. The van der Waals surface area contributed by atoms with Crippen LogP contribution in [0.25, 0.3) is 11.2 Å². The number of aromatic nitrogens is 4. The molecule has 1 aromatic carbocycles. The number of anilines is 1. The van der Waals surface area contributed by atoms with Gasteiger partial charge < -0.3 is 19.8 Å². The predicted molar refractivity (Wildman–Crippen MR) is 139 cm³/mol. The van der Waals surface area contributed by atoms with Crippen molar-refractivity contribution in [3.05, 3.63) is 48.3 Å². The van der Waals surface area contributed by atoms with Crippen molar-refractivity contribution in [1.29, 1.82) is 0 Å². The van der Waals surface area contributed by atoms with Gasteiger partial charge in [0.1, 0.15) is 29.5 Å². The van der Waals surface area contributed by atoms with Crippen LogP contribution in [-0.2, 0) is 25.4 Å². The molecule has 1 unspecified atom stereocenters. The molecule has 0 fully saturated rings. The lowest BCUT2D eigenvalue weighted by atomic mass is 10.1. The number of ether oxygens (including phenoxy) is 2. The molecule has 13 heteroatoms. The quantitative estimate of drug-likeness (QED) is 0.218. The molecular formula is C24H35FN7O4P. The van der Waals surface area contributed by atoms with E-state index >= 15 is 0 Å². The van der Waals surface area contributed by atoms with Gasteiger partial charge in [-0.1, -0.05) is 19.1 Å². The molecule has 0 saturated heterocycles.